The van der Waals surface area contributed by atoms with Crippen LogP contribution in [0.5, 0.6) is 0 Å². The van der Waals surface area contributed by atoms with Gasteiger partial charge in [0, 0.05) is 19.3 Å². The van der Waals surface area contributed by atoms with E-state index in [1.54, 1.807) is 6.92 Å². The van der Waals surface area contributed by atoms with E-state index in [2.05, 4.69) is 4.98 Å². The summed E-state index contributed by atoms with van der Waals surface area (Å²) in [7, 11) is 0. The molecular weight excluding hydrogens is 234 g/mol. The van der Waals surface area contributed by atoms with Crippen molar-refractivity contribution in [3.8, 4) is 0 Å². The fourth-order valence-corrected chi connectivity index (χ4v) is 2.26. The van der Waals surface area contributed by atoms with Gasteiger partial charge in [-0.1, -0.05) is 0 Å². The number of nitrogen functional groups attached to an aromatic ring is 1. The van der Waals surface area contributed by atoms with Crippen LogP contribution in [0.1, 0.15) is 30.1 Å². The predicted octanol–water partition coefficient (Wildman–Crippen LogP) is 0.713. The Balaban J connectivity index is 2.26. The van der Waals surface area contributed by atoms with Gasteiger partial charge in [-0.3, -0.25) is 0 Å². The number of carboxylic acid groups (broad SMARTS) is 1. The number of pyridine rings is 1. The molecule has 1 saturated heterocycles. The number of β-amino-alcohol motifs (C(OH)–C–C–N with tert-alkyl or cyclic N) is 1. The molecule has 6 nitrogen and oxygen atoms in total. The van der Waals surface area contributed by atoms with Crippen LogP contribution >= 0.6 is 0 Å². The van der Waals surface area contributed by atoms with Crippen molar-refractivity contribution in [2.75, 3.05) is 23.7 Å². The Kier molecular flexibility index (Phi) is 3.13. The van der Waals surface area contributed by atoms with Crippen molar-refractivity contribution in [3.05, 3.63) is 17.8 Å². The highest BCUT2D eigenvalue weighted by molar-refractivity contribution is 5.89. The summed E-state index contributed by atoms with van der Waals surface area (Å²) in [6.07, 6.45) is 2.89. The number of aromatic carboxylic acids is 1. The first-order chi connectivity index (χ1) is 8.39. The monoisotopic (exact) mass is 251 g/mol. The molecule has 0 spiro atoms. The summed E-state index contributed by atoms with van der Waals surface area (Å²) in [6, 6.07) is 1.40. The Morgan fingerprint density at radius 2 is 2.33 bits per heavy atom. The summed E-state index contributed by atoms with van der Waals surface area (Å²) in [6.45, 7) is 3.00. The maximum atomic E-state index is 10.8. The highest BCUT2D eigenvalue weighted by atomic mass is 16.4. The van der Waals surface area contributed by atoms with E-state index in [1.165, 1.54) is 12.3 Å². The summed E-state index contributed by atoms with van der Waals surface area (Å²) in [4.78, 5) is 16.8. The second-order valence-electron chi connectivity index (χ2n) is 4.96. The van der Waals surface area contributed by atoms with Gasteiger partial charge in [-0.25, -0.2) is 9.78 Å². The Labute approximate surface area is 105 Å². The van der Waals surface area contributed by atoms with Crippen LogP contribution in [0.4, 0.5) is 11.5 Å². The number of anilines is 2. The molecule has 4 N–H and O–H groups in total. The highest BCUT2D eigenvalue weighted by Crippen LogP contribution is 2.28. The predicted molar refractivity (Wildman–Crippen MR) is 67.7 cm³/mol. The fourth-order valence-electron chi connectivity index (χ4n) is 2.26. The standard InChI is InChI=1S/C12H17N3O3/c1-12(18)3-2-4-15(7-12)10-9(13)5-8(6-14-10)11(16)17/h5-6,18H,2-4,7,13H2,1H3,(H,16,17). The SMILES string of the molecule is CC1(O)CCCN(c2ncc(C(=O)O)cc2N)C1. The number of nitrogens with zero attached hydrogens (tertiary/aromatic N) is 2. The molecule has 0 amide bonds. The average Bonchev–Trinajstić information content (AvgIpc) is 2.27. The number of hydrogen-bond acceptors (Lipinski definition) is 5. The lowest BCUT2D eigenvalue weighted by atomic mass is 9.95. The summed E-state index contributed by atoms with van der Waals surface area (Å²) in [5.41, 5.74) is 5.47. The molecular formula is C12H17N3O3. The average molecular weight is 251 g/mol. The molecule has 18 heavy (non-hydrogen) atoms. The van der Waals surface area contributed by atoms with Crippen molar-refractivity contribution >= 4 is 17.5 Å². The van der Waals surface area contributed by atoms with Gasteiger partial charge in [0.15, 0.2) is 5.82 Å². The van der Waals surface area contributed by atoms with Crippen LogP contribution in [0.3, 0.4) is 0 Å². The van der Waals surface area contributed by atoms with Crippen LogP contribution in [-0.2, 0) is 0 Å². The maximum absolute atomic E-state index is 10.8. The molecule has 0 saturated carbocycles. The summed E-state index contributed by atoms with van der Waals surface area (Å²) in [5, 5.41) is 18.9. The van der Waals surface area contributed by atoms with Crippen molar-refractivity contribution in [3.63, 3.8) is 0 Å². The second-order valence-corrected chi connectivity index (χ2v) is 4.96. The number of nitrogens with two attached hydrogens (primary N) is 1. The Hall–Kier alpha value is -1.82. The largest absolute Gasteiger partial charge is 0.478 e. The van der Waals surface area contributed by atoms with Crippen molar-refractivity contribution in [2.24, 2.45) is 0 Å². The van der Waals surface area contributed by atoms with E-state index in [-0.39, 0.29) is 5.56 Å². The number of hydrogen-bond donors (Lipinski definition) is 3. The number of carbonyl (C=O) groups is 1. The van der Waals surface area contributed by atoms with Crippen LogP contribution in [-0.4, -0.2) is 39.9 Å². The Morgan fingerprint density at radius 1 is 1.61 bits per heavy atom. The molecule has 1 aliphatic heterocycles. The molecule has 0 aromatic carbocycles. The van der Waals surface area contributed by atoms with Crippen molar-refractivity contribution in [1.29, 1.82) is 0 Å². The Morgan fingerprint density at radius 3 is 2.89 bits per heavy atom. The normalized spacial score (nSPS) is 24.0. The Bertz CT molecular complexity index is 474. The van der Waals surface area contributed by atoms with E-state index >= 15 is 0 Å². The topological polar surface area (TPSA) is 99.7 Å². The summed E-state index contributed by atoms with van der Waals surface area (Å²) in [5.74, 6) is -0.508. The van der Waals surface area contributed by atoms with Gasteiger partial charge in [0.2, 0.25) is 0 Å². The molecule has 0 radical (unpaired) electrons. The number of aromatic nitrogens is 1. The molecule has 1 aromatic heterocycles. The number of aliphatic hydroxyl groups is 1. The van der Waals surface area contributed by atoms with E-state index in [0.29, 0.717) is 18.1 Å². The lowest BCUT2D eigenvalue weighted by Crippen LogP contribution is -2.46. The zero-order valence-electron chi connectivity index (χ0n) is 10.3. The first-order valence-corrected chi connectivity index (χ1v) is 5.85. The van der Waals surface area contributed by atoms with Crippen molar-refractivity contribution in [1.82, 2.24) is 4.98 Å². The maximum Gasteiger partial charge on any atom is 0.337 e. The molecule has 0 bridgehead atoms. The summed E-state index contributed by atoms with van der Waals surface area (Å²) >= 11 is 0. The molecule has 2 heterocycles. The van der Waals surface area contributed by atoms with Crippen LogP contribution in [0.2, 0.25) is 0 Å². The third-order valence-electron chi connectivity index (χ3n) is 3.12. The third-order valence-corrected chi connectivity index (χ3v) is 3.12. The van der Waals surface area contributed by atoms with Gasteiger partial charge < -0.3 is 20.8 Å². The quantitative estimate of drug-likeness (QED) is 0.716. The molecule has 1 unspecified atom stereocenters. The molecule has 98 valence electrons. The van der Waals surface area contributed by atoms with Gasteiger partial charge in [0.25, 0.3) is 0 Å². The minimum atomic E-state index is -1.05. The van der Waals surface area contributed by atoms with E-state index in [4.69, 9.17) is 10.8 Å². The fraction of sp³-hybridized carbons (Fsp3) is 0.500. The molecule has 6 heteroatoms. The van der Waals surface area contributed by atoms with Gasteiger partial charge >= 0.3 is 5.97 Å². The van der Waals surface area contributed by atoms with Gasteiger partial charge in [-0.2, -0.15) is 0 Å². The van der Waals surface area contributed by atoms with Gasteiger partial charge in [-0.05, 0) is 25.8 Å². The van der Waals surface area contributed by atoms with E-state index < -0.39 is 11.6 Å². The van der Waals surface area contributed by atoms with Crippen LogP contribution < -0.4 is 10.6 Å². The second kappa shape index (κ2) is 4.45. The van der Waals surface area contributed by atoms with Crippen molar-refractivity contribution in [2.45, 2.75) is 25.4 Å². The summed E-state index contributed by atoms with van der Waals surface area (Å²) < 4.78 is 0. The minimum absolute atomic E-state index is 0.0695. The minimum Gasteiger partial charge on any atom is -0.478 e. The lowest BCUT2D eigenvalue weighted by Gasteiger charge is -2.37. The van der Waals surface area contributed by atoms with Gasteiger partial charge in [-0.15, -0.1) is 0 Å². The molecule has 1 atom stereocenters. The van der Waals surface area contributed by atoms with Gasteiger partial charge in [0.05, 0.1) is 16.9 Å². The van der Waals surface area contributed by atoms with E-state index in [9.17, 15) is 9.90 Å². The first-order valence-electron chi connectivity index (χ1n) is 5.85. The molecule has 1 aromatic rings. The van der Waals surface area contributed by atoms with Crippen molar-refractivity contribution < 1.29 is 15.0 Å². The number of carboxylic acids is 1. The zero-order valence-corrected chi connectivity index (χ0v) is 10.3. The van der Waals surface area contributed by atoms with E-state index in [0.717, 1.165) is 19.4 Å². The van der Waals surface area contributed by atoms with Crippen LogP contribution in [0.25, 0.3) is 0 Å². The number of piperidine rings is 1. The molecule has 0 aliphatic carbocycles. The first kappa shape index (κ1) is 12.6. The highest BCUT2D eigenvalue weighted by Gasteiger charge is 2.29. The third kappa shape index (κ3) is 2.53. The number of rotatable bonds is 2. The molecule has 1 aliphatic rings. The van der Waals surface area contributed by atoms with Crippen LogP contribution in [0, 0.1) is 0 Å². The smallest absolute Gasteiger partial charge is 0.337 e. The van der Waals surface area contributed by atoms with E-state index in [1.807, 2.05) is 4.90 Å². The lowest BCUT2D eigenvalue weighted by molar-refractivity contribution is 0.0447. The molecule has 1 fully saturated rings. The van der Waals surface area contributed by atoms with Gasteiger partial charge in [0.1, 0.15) is 0 Å². The van der Waals surface area contributed by atoms with Crippen LogP contribution in [0.15, 0.2) is 12.3 Å². The zero-order chi connectivity index (χ0) is 13.3. The molecule has 2 rings (SSSR count).